The topological polar surface area (TPSA) is 66.6 Å². The highest BCUT2D eigenvalue weighted by atomic mass is 16.3. The first-order valence-corrected chi connectivity index (χ1v) is 8.86. The highest BCUT2D eigenvalue weighted by Gasteiger charge is 2.39. The van der Waals surface area contributed by atoms with Gasteiger partial charge in [-0.05, 0) is 56.6 Å². The molecule has 0 aromatic heterocycles. The molecule has 0 radical (unpaired) electrons. The van der Waals surface area contributed by atoms with Crippen molar-refractivity contribution in [2.45, 2.75) is 31.1 Å². The highest BCUT2D eigenvalue weighted by molar-refractivity contribution is 5.74. The number of hydrogen-bond acceptors (Lipinski definition) is 3. The van der Waals surface area contributed by atoms with Crippen LogP contribution in [-0.2, 0) is 16.6 Å². The second-order valence-corrected chi connectivity index (χ2v) is 7.07. The van der Waals surface area contributed by atoms with E-state index in [0.717, 1.165) is 37.1 Å². The Morgan fingerprint density at radius 1 is 1.16 bits per heavy atom. The molecule has 3 N–H and O–H groups in total. The van der Waals surface area contributed by atoms with Gasteiger partial charge in [0.25, 0.3) is 0 Å². The van der Waals surface area contributed by atoms with E-state index in [-0.39, 0.29) is 11.3 Å². The van der Waals surface area contributed by atoms with Crippen LogP contribution in [0.15, 0.2) is 48.5 Å². The third kappa shape index (κ3) is 3.69. The van der Waals surface area contributed by atoms with Crippen molar-refractivity contribution in [2.75, 3.05) is 20.1 Å². The van der Waals surface area contributed by atoms with Gasteiger partial charge in [0.2, 0.25) is 5.91 Å². The number of aryl methyl sites for hydroxylation is 1. The maximum absolute atomic E-state index is 11.1. The summed E-state index contributed by atoms with van der Waals surface area (Å²) >= 11 is 0. The van der Waals surface area contributed by atoms with E-state index in [0.29, 0.717) is 18.6 Å². The van der Waals surface area contributed by atoms with Gasteiger partial charge in [0, 0.05) is 17.4 Å². The minimum atomic E-state index is -0.299. The first kappa shape index (κ1) is 17.5. The van der Waals surface area contributed by atoms with Gasteiger partial charge in [-0.25, -0.2) is 0 Å². The number of likely N-dealkylation sites (tertiary alicyclic amines) is 1. The predicted octanol–water partition coefficient (Wildman–Crippen LogP) is 2.82. The molecule has 2 aromatic rings. The van der Waals surface area contributed by atoms with Gasteiger partial charge in [0.15, 0.2) is 0 Å². The van der Waals surface area contributed by atoms with Crippen LogP contribution in [0.4, 0.5) is 0 Å². The standard InChI is InChI=1S/C21H26N2O2/c1-23-13-11-21(12-14-23,17-5-3-2-4-6-17)18-15-16(7-9-19(18)24)8-10-20(22)25/h2-7,9,15,24H,8,10-14H2,1H3,(H2,22,25). The minimum absolute atomic E-state index is 0.194. The molecule has 0 atom stereocenters. The summed E-state index contributed by atoms with van der Waals surface area (Å²) in [7, 11) is 2.14. The van der Waals surface area contributed by atoms with Gasteiger partial charge in [0.1, 0.15) is 5.75 Å². The molecule has 0 bridgehead atoms. The number of phenols is 1. The molecular formula is C21H26N2O2. The minimum Gasteiger partial charge on any atom is -0.508 e. The number of rotatable bonds is 5. The summed E-state index contributed by atoms with van der Waals surface area (Å²) < 4.78 is 0. The predicted molar refractivity (Wildman–Crippen MR) is 99.6 cm³/mol. The van der Waals surface area contributed by atoms with Crippen LogP contribution in [0.3, 0.4) is 0 Å². The van der Waals surface area contributed by atoms with Crippen LogP contribution in [0.2, 0.25) is 0 Å². The summed E-state index contributed by atoms with van der Waals surface area (Å²) in [6.07, 6.45) is 2.85. The third-order valence-electron chi connectivity index (χ3n) is 5.40. The second kappa shape index (κ2) is 7.28. The summed E-state index contributed by atoms with van der Waals surface area (Å²) in [5, 5.41) is 10.7. The molecule has 2 aromatic carbocycles. The quantitative estimate of drug-likeness (QED) is 0.881. The van der Waals surface area contributed by atoms with Crippen LogP contribution in [-0.4, -0.2) is 36.1 Å². The molecule has 1 saturated heterocycles. The van der Waals surface area contributed by atoms with Crippen LogP contribution < -0.4 is 5.73 Å². The Bertz CT molecular complexity index is 735. The zero-order valence-electron chi connectivity index (χ0n) is 14.7. The van der Waals surface area contributed by atoms with Crippen molar-refractivity contribution in [3.05, 3.63) is 65.2 Å². The largest absolute Gasteiger partial charge is 0.508 e. The molecule has 132 valence electrons. The van der Waals surface area contributed by atoms with Crippen molar-refractivity contribution < 1.29 is 9.90 Å². The molecule has 0 spiro atoms. The molecule has 1 aliphatic rings. The first-order valence-electron chi connectivity index (χ1n) is 8.86. The Kier molecular flexibility index (Phi) is 5.09. The zero-order chi connectivity index (χ0) is 17.9. The van der Waals surface area contributed by atoms with Crippen molar-refractivity contribution in [3.63, 3.8) is 0 Å². The Hall–Kier alpha value is -2.33. The molecule has 1 fully saturated rings. The van der Waals surface area contributed by atoms with Crippen molar-refractivity contribution in [1.29, 1.82) is 0 Å². The van der Waals surface area contributed by atoms with Crippen molar-refractivity contribution >= 4 is 5.91 Å². The average molecular weight is 338 g/mol. The number of phenolic OH excluding ortho intramolecular Hbond substituents is 1. The maximum Gasteiger partial charge on any atom is 0.217 e. The fraction of sp³-hybridized carbons (Fsp3) is 0.381. The number of carbonyl (C=O) groups excluding carboxylic acids is 1. The van der Waals surface area contributed by atoms with Gasteiger partial charge >= 0.3 is 0 Å². The van der Waals surface area contributed by atoms with E-state index in [9.17, 15) is 9.90 Å². The summed E-state index contributed by atoms with van der Waals surface area (Å²) in [6.45, 7) is 1.97. The molecule has 0 saturated carbocycles. The van der Waals surface area contributed by atoms with E-state index in [4.69, 9.17) is 5.73 Å². The smallest absolute Gasteiger partial charge is 0.217 e. The monoisotopic (exact) mass is 338 g/mol. The first-order chi connectivity index (χ1) is 12.0. The van der Waals surface area contributed by atoms with E-state index < -0.39 is 0 Å². The van der Waals surface area contributed by atoms with Gasteiger partial charge in [-0.1, -0.05) is 42.5 Å². The number of carbonyl (C=O) groups is 1. The number of nitrogens with zero attached hydrogens (tertiary/aromatic N) is 1. The molecular weight excluding hydrogens is 312 g/mol. The normalized spacial score (nSPS) is 17.3. The van der Waals surface area contributed by atoms with Gasteiger partial charge in [-0.2, -0.15) is 0 Å². The lowest BCUT2D eigenvalue weighted by molar-refractivity contribution is -0.117. The Labute approximate surface area is 149 Å². The highest BCUT2D eigenvalue weighted by Crippen LogP contribution is 2.45. The third-order valence-corrected chi connectivity index (χ3v) is 5.40. The van der Waals surface area contributed by atoms with Crippen molar-refractivity contribution in [2.24, 2.45) is 5.73 Å². The fourth-order valence-electron chi connectivity index (χ4n) is 3.86. The maximum atomic E-state index is 11.1. The summed E-state index contributed by atoms with van der Waals surface area (Å²) in [5.74, 6) is 0.0305. The molecule has 4 heteroatoms. The Morgan fingerprint density at radius 2 is 1.84 bits per heavy atom. The zero-order valence-corrected chi connectivity index (χ0v) is 14.7. The number of amides is 1. The number of hydrogen-bond donors (Lipinski definition) is 2. The van der Waals surface area contributed by atoms with Gasteiger partial charge in [0.05, 0.1) is 0 Å². The van der Waals surface area contributed by atoms with E-state index in [1.807, 2.05) is 12.1 Å². The molecule has 1 amide bonds. The Morgan fingerprint density at radius 3 is 2.48 bits per heavy atom. The number of aromatic hydroxyl groups is 1. The number of primary amides is 1. The van der Waals surface area contributed by atoms with Crippen LogP contribution >= 0.6 is 0 Å². The molecule has 4 nitrogen and oxygen atoms in total. The molecule has 1 heterocycles. The summed E-state index contributed by atoms with van der Waals surface area (Å²) in [6, 6.07) is 16.2. The number of piperidine rings is 1. The average Bonchev–Trinajstić information content (AvgIpc) is 2.63. The van der Waals surface area contributed by atoms with Crippen molar-refractivity contribution in [3.8, 4) is 5.75 Å². The van der Waals surface area contributed by atoms with Crippen molar-refractivity contribution in [1.82, 2.24) is 4.90 Å². The molecule has 0 aliphatic carbocycles. The lowest BCUT2D eigenvalue weighted by atomic mass is 9.67. The SMILES string of the molecule is CN1CCC(c2ccccc2)(c2cc(CCC(N)=O)ccc2O)CC1. The summed E-state index contributed by atoms with van der Waals surface area (Å²) in [4.78, 5) is 13.4. The Balaban J connectivity index is 2.04. The van der Waals surface area contributed by atoms with Crippen LogP contribution in [0.25, 0.3) is 0 Å². The number of nitrogens with two attached hydrogens (primary N) is 1. The molecule has 25 heavy (non-hydrogen) atoms. The molecule has 3 rings (SSSR count). The van der Waals surface area contributed by atoms with E-state index in [2.05, 4.69) is 42.3 Å². The van der Waals surface area contributed by atoms with E-state index in [1.165, 1.54) is 5.56 Å². The summed E-state index contributed by atoms with van der Waals surface area (Å²) in [5.41, 5.74) is 8.35. The van der Waals surface area contributed by atoms with Crippen LogP contribution in [0.1, 0.15) is 36.0 Å². The second-order valence-electron chi connectivity index (χ2n) is 7.07. The van der Waals surface area contributed by atoms with Crippen LogP contribution in [0.5, 0.6) is 5.75 Å². The van der Waals surface area contributed by atoms with E-state index >= 15 is 0 Å². The molecule has 0 unspecified atom stereocenters. The van der Waals surface area contributed by atoms with Gasteiger partial charge < -0.3 is 15.7 Å². The van der Waals surface area contributed by atoms with Crippen LogP contribution in [0, 0.1) is 0 Å². The fourth-order valence-corrected chi connectivity index (χ4v) is 3.86. The lowest BCUT2D eigenvalue weighted by Gasteiger charge is -2.42. The van der Waals surface area contributed by atoms with Gasteiger partial charge in [-0.3, -0.25) is 4.79 Å². The van der Waals surface area contributed by atoms with Gasteiger partial charge in [-0.15, -0.1) is 0 Å². The molecule has 1 aliphatic heterocycles. The lowest BCUT2D eigenvalue weighted by Crippen LogP contribution is -2.41. The number of benzene rings is 2. The van der Waals surface area contributed by atoms with E-state index in [1.54, 1.807) is 6.07 Å².